The molecule has 0 radical (unpaired) electrons. The van der Waals surface area contributed by atoms with Crippen LogP contribution in [0, 0.1) is 5.82 Å². The summed E-state index contributed by atoms with van der Waals surface area (Å²) in [5.41, 5.74) is 0.528. The van der Waals surface area contributed by atoms with Crippen LogP contribution in [0.3, 0.4) is 0 Å². The Hall–Kier alpha value is -3.72. The van der Waals surface area contributed by atoms with Gasteiger partial charge in [-0.1, -0.05) is 30.3 Å². The van der Waals surface area contributed by atoms with Crippen molar-refractivity contribution in [3.05, 3.63) is 90.2 Å². The molecule has 0 heterocycles. The smallest absolute Gasteiger partial charge is 0.338 e. The highest BCUT2D eigenvalue weighted by Gasteiger charge is 2.23. The predicted molar refractivity (Wildman–Crippen MR) is 118 cm³/mol. The fourth-order valence-electron chi connectivity index (χ4n) is 2.78. The van der Waals surface area contributed by atoms with Gasteiger partial charge >= 0.3 is 5.97 Å². The van der Waals surface area contributed by atoms with Crippen molar-refractivity contribution < 1.29 is 27.1 Å². The Morgan fingerprint density at radius 2 is 1.53 bits per heavy atom. The van der Waals surface area contributed by atoms with Crippen molar-refractivity contribution in [1.82, 2.24) is 0 Å². The van der Waals surface area contributed by atoms with Crippen LogP contribution in [0.2, 0.25) is 0 Å². The van der Waals surface area contributed by atoms with E-state index in [2.05, 4.69) is 5.32 Å². The Morgan fingerprint density at radius 3 is 2.16 bits per heavy atom. The molecule has 0 unspecified atom stereocenters. The van der Waals surface area contributed by atoms with Gasteiger partial charge in [-0.25, -0.2) is 17.6 Å². The Bertz CT molecular complexity index is 1210. The minimum Gasteiger partial charge on any atom is -0.449 e. The molecular formula is C23H21FN2O5S. The summed E-state index contributed by atoms with van der Waals surface area (Å²) in [7, 11) is -2.39. The number of amides is 1. The number of carbonyl (C=O) groups excluding carboxylic acids is 2. The lowest BCUT2D eigenvalue weighted by Crippen LogP contribution is -2.30. The summed E-state index contributed by atoms with van der Waals surface area (Å²) in [6, 6.07) is 19.3. The van der Waals surface area contributed by atoms with Crippen molar-refractivity contribution in [3.63, 3.8) is 0 Å². The molecule has 0 fully saturated rings. The van der Waals surface area contributed by atoms with Crippen LogP contribution in [0.4, 0.5) is 15.8 Å². The van der Waals surface area contributed by atoms with Crippen LogP contribution in [0.5, 0.6) is 0 Å². The van der Waals surface area contributed by atoms with E-state index >= 15 is 0 Å². The van der Waals surface area contributed by atoms with Crippen molar-refractivity contribution in [1.29, 1.82) is 0 Å². The fourth-order valence-corrected chi connectivity index (χ4v) is 3.97. The van der Waals surface area contributed by atoms with Gasteiger partial charge in [0.1, 0.15) is 5.82 Å². The van der Waals surface area contributed by atoms with Crippen molar-refractivity contribution >= 4 is 33.3 Å². The van der Waals surface area contributed by atoms with Gasteiger partial charge in [-0.2, -0.15) is 0 Å². The third kappa shape index (κ3) is 5.12. The van der Waals surface area contributed by atoms with Gasteiger partial charge in [-0.15, -0.1) is 0 Å². The van der Waals surface area contributed by atoms with Crippen molar-refractivity contribution in [2.45, 2.75) is 17.9 Å². The van der Waals surface area contributed by atoms with E-state index in [-0.39, 0.29) is 16.1 Å². The second kappa shape index (κ2) is 9.61. The third-order valence-electron chi connectivity index (χ3n) is 4.65. The average molecular weight is 456 g/mol. The molecule has 166 valence electrons. The highest BCUT2D eigenvalue weighted by Crippen LogP contribution is 2.22. The predicted octanol–water partition coefficient (Wildman–Crippen LogP) is 3.83. The quantitative estimate of drug-likeness (QED) is 0.546. The van der Waals surface area contributed by atoms with Crippen LogP contribution in [0.15, 0.2) is 83.8 Å². The molecule has 1 amide bonds. The number of sulfonamides is 1. The molecule has 0 aliphatic carbocycles. The van der Waals surface area contributed by atoms with Crippen LogP contribution in [-0.2, 0) is 19.6 Å². The second-order valence-corrected chi connectivity index (χ2v) is 8.82. The normalized spacial score (nSPS) is 12.0. The average Bonchev–Trinajstić information content (AvgIpc) is 2.80. The zero-order valence-corrected chi connectivity index (χ0v) is 18.2. The zero-order chi connectivity index (χ0) is 23.3. The van der Waals surface area contributed by atoms with Gasteiger partial charge in [0.15, 0.2) is 6.10 Å². The summed E-state index contributed by atoms with van der Waals surface area (Å²) < 4.78 is 45.5. The Kier molecular flexibility index (Phi) is 6.89. The maximum Gasteiger partial charge on any atom is 0.338 e. The standard InChI is InChI=1S/C23H21FN2O5S/c1-16(22(27)25-21-11-7-6-10-20(21)24)31-23(28)17-12-14-19(15-13-17)32(29,30)26(2)18-8-4-3-5-9-18/h3-16H,1-2H3,(H,25,27)/t16-/m0/s1. The first-order valence-electron chi connectivity index (χ1n) is 9.60. The minimum absolute atomic E-state index is 0.00857. The van der Waals surface area contributed by atoms with Gasteiger partial charge < -0.3 is 10.1 Å². The molecule has 9 heteroatoms. The SMILES string of the molecule is C[C@H](OC(=O)c1ccc(S(=O)(=O)N(C)c2ccccc2)cc1)C(=O)Nc1ccccc1F. The fraction of sp³-hybridized carbons (Fsp3) is 0.130. The largest absolute Gasteiger partial charge is 0.449 e. The molecule has 0 saturated heterocycles. The number of benzene rings is 3. The molecular weight excluding hydrogens is 435 g/mol. The summed E-state index contributed by atoms with van der Waals surface area (Å²) in [5, 5.41) is 2.35. The van der Waals surface area contributed by atoms with E-state index in [4.69, 9.17) is 4.74 Å². The number of anilines is 2. The van der Waals surface area contributed by atoms with Gasteiger partial charge in [0.2, 0.25) is 0 Å². The highest BCUT2D eigenvalue weighted by atomic mass is 32.2. The number of esters is 1. The molecule has 0 saturated carbocycles. The summed E-state index contributed by atoms with van der Waals surface area (Å²) >= 11 is 0. The topological polar surface area (TPSA) is 92.8 Å². The number of hydrogen-bond donors (Lipinski definition) is 1. The van der Waals surface area contributed by atoms with Crippen molar-refractivity contribution in [2.24, 2.45) is 0 Å². The molecule has 0 spiro atoms. The summed E-state index contributed by atoms with van der Waals surface area (Å²) in [6.45, 7) is 1.35. The Balaban J connectivity index is 1.67. The molecule has 3 aromatic rings. The first kappa shape index (κ1) is 23.0. The third-order valence-corrected chi connectivity index (χ3v) is 6.45. The Labute approximate surface area is 185 Å². The number of nitrogens with one attached hydrogen (secondary N) is 1. The van der Waals surface area contributed by atoms with E-state index in [0.29, 0.717) is 5.69 Å². The van der Waals surface area contributed by atoms with E-state index in [0.717, 1.165) is 4.31 Å². The zero-order valence-electron chi connectivity index (χ0n) is 17.4. The lowest BCUT2D eigenvalue weighted by atomic mass is 10.2. The molecule has 0 aliphatic rings. The number of para-hydroxylation sites is 2. The first-order valence-corrected chi connectivity index (χ1v) is 11.0. The van der Waals surface area contributed by atoms with E-state index < -0.39 is 33.8 Å². The maximum absolute atomic E-state index is 13.7. The van der Waals surface area contributed by atoms with Crippen molar-refractivity contribution in [2.75, 3.05) is 16.7 Å². The van der Waals surface area contributed by atoms with Gasteiger partial charge in [0.05, 0.1) is 21.8 Å². The molecule has 0 aromatic heterocycles. The van der Waals surface area contributed by atoms with E-state index in [1.807, 2.05) is 0 Å². The minimum atomic E-state index is -3.83. The molecule has 3 aromatic carbocycles. The molecule has 1 N–H and O–H groups in total. The van der Waals surface area contributed by atoms with Gasteiger partial charge in [-0.05, 0) is 55.5 Å². The molecule has 32 heavy (non-hydrogen) atoms. The van der Waals surface area contributed by atoms with Crippen LogP contribution in [-0.4, -0.2) is 33.4 Å². The number of halogens is 1. The number of nitrogens with zero attached hydrogens (tertiary/aromatic N) is 1. The second-order valence-electron chi connectivity index (χ2n) is 6.85. The van der Waals surface area contributed by atoms with Crippen LogP contribution in [0.25, 0.3) is 0 Å². The van der Waals surface area contributed by atoms with Crippen molar-refractivity contribution in [3.8, 4) is 0 Å². The van der Waals surface area contributed by atoms with E-state index in [1.165, 1.54) is 56.4 Å². The summed E-state index contributed by atoms with van der Waals surface area (Å²) in [6.07, 6.45) is -1.20. The van der Waals surface area contributed by atoms with E-state index in [1.54, 1.807) is 36.4 Å². The van der Waals surface area contributed by atoms with Crippen LogP contribution >= 0.6 is 0 Å². The van der Waals surface area contributed by atoms with Gasteiger partial charge in [-0.3, -0.25) is 9.10 Å². The van der Waals surface area contributed by atoms with Gasteiger partial charge in [0, 0.05) is 7.05 Å². The highest BCUT2D eigenvalue weighted by molar-refractivity contribution is 7.92. The maximum atomic E-state index is 13.7. The lowest BCUT2D eigenvalue weighted by molar-refractivity contribution is -0.123. The van der Waals surface area contributed by atoms with Gasteiger partial charge in [0.25, 0.3) is 15.9 Å². The summed E-state index contributed by atoms with van der Waals surface area (Å²) in [5.74, 6) is -2.13. The number of hydrogen-bond acceptors (Lipinski definition) is 5. The number of rotatable bonds is 7. The monoisotopic (exact) mass is 456 g/mol. The lowest BCUT2D eigenvalue weighted by Gasteiger charge is -2.19. The molecule has 1 atom stereocenters. The first-order chi connectivity index (χ1) is 15.2. The number of ether oxygens (including phenoxy) is 1. The molecule has 0 aliphatic heterocycles. The van der Waals surface area contributed by atoms with E-state index in [9.17, 15) is 22.4 Å². The molecule has 7 nitrogen and oxygen atoms in total. The number of carbonyl (C=O) groups is 2. The Morgan fingerprint density at radius 1 is 0.938 bits per heavy atom. The van der Waals surface area contributed by atoms with Crippen LogP contribution < -0.4 is 9.62 Å². The van der Waals surface area contributed by atoms with Crippen LogP contribution in [0.1, 0.15) is 17.3 Å². The molecule has 3 rings (SSSR count). The molecule has 0 bridgehead atoms. The summed E-state index contributed by atoms with van der Waals surface area (Å²) in [4.78, 5) is 24.5.